The fourth-order valence-electron chi connectivity index (χ4n) is 2.29. The molecule has 0 amide bonds. The van der Waals surface area contributed by atoms with Crippen molar-refractivity contribution in [2.75, 3.05) is 0 Å². The van der Waals surface area contributed by atoms with Crippen LogP contribution in [0.5, 0.6) is 0 Å². The van der Waals surface area contributed by atoms with E-state index in [9.17, 15) is 9.18 Å². The van der Waals surface area contributed by atoms with Gasteiger partial charge in [-0.05, 0) is 37.0 Å². The van der Waals surface area contributed by atoms with Gasteiger partial charge in [-0.15, -0.1) is 0 Å². The molecule has 2 nitrogen and oxygen atoms in total. The average Bonchev–Trinajstić information content (AvgIpc) is 2.33. The van der Waals surface area contributed by atoms with Crippen LogP contribution in [0.3, 0.4) is 0 Å². The molecule has 1 aliphatic rings. The number of carbonyl (C=O) groups excluding carboxylic acids is 1. The minimum atomic E-state index is -0.264. The molecular weight excluding hydrogens is 219 g/mol. The highest BCUT2D eigenvalue weighted by Gasteiger charge is 2.30. The molecule has 1 aliphatic heterocycles. The molecule has 0 radical (unpaired) electrons. The summed E-state index contributed by atoms with van der Waals surface area (Å²) in [5.41, 5.74) is 0.884. The second-order valence-electron chi connectivity index (χ2n) is 4.54. The van der Waals surface area contributed by atoms with Crippen LogP contribution in [0, 0.1) is 11.7 Å². The number of rotatable bonds is 3. The van der Waals surface area contributed by atoms with Gasteiger partial charge in [-0.25, -0.2) is 4.39 Å². The normalized spacial score (nSPS) is 24.5. The van der Waals surface area contributed by atoms with E-state index < -0.39 is 0 Å². The Morgan fingerprint density at radius 2 is 2.00 bits per heavy atom. The zero-order valence-corrected chi connectivity index (χ0v) is 9.99. The highest BCUT2D eigenvalue weighted by Crippen LogP contribution is 2.33. The largest absolute Gasteiger partial charge is 0.457 e. The predicted octanol–water partition coefficient (Wildman–Crippen LogP) is 3.62. The highest BCUT2D eigenvalue weighted by atomic mass is 19.1. The van der Waals surface area contributed by atoms with Crippen LogP contribution in [0.1, 0.15) is 44.3 Å². The minimum Gasteiger partial charge on any atom is -0.457 e. The van der Waals surface area contributed by atoms with E-state index in [1.807, 2.05) is 0 Å². The van der Waals surface area contributed by atoms with E-state index in [0.717, 1.165) is 31.2 Å². The predicted molar refractivity (Wildman–Crippen MR) is 62.9 cm³/mol. The summed E-state index contributed by atoms with van der Waals surface area (Å²) in [5, 5.41) is 0. The molecular formula is C14H17FO2. The standard InChI is InChI=1S/C14H17FO2/c1-2-3-11-6-9-13(17-14(11)16)10-4-7-12(15)8-5-10/h4-5,7-8,11,13H,2-3,6,9H2,1H3. The number of hydrogen-bond donors (Lipinski definition) is 0. The first-order valence-corrected chi connectivity index (χ1v) is 6.16. The maximum absolute atomic E-state index is 12.8. The van der Waals surface area contributed by atoms with E-state index in [1.54, 1.807) is 12.1 Å². The second-order valence-corrected chi connectivity index (χ2v) is 4.54. The van der Waals surface area contributed by atoms with E-state index in [0.29, 0.717) is 0 Å². The SMILES string of the molecule is CCCC1CCC(c2ccc(F)cc2)OC1=O. The number of halogens is 1. The molecule has 2 unspecified atom stereocenters. The van der Waals surface area contributed by atoms with Gasteiger partial charge in [-0.1, -0.05) is 25.5 Å². The Morgan fingerprint density at radius 3 is 2.59 bits per heavy atom. The maximum Gasteiger partial charge on any atom is 0.309 e. The van der Waals surface area contributed by atoms with Crippen molar-refractivity contribution in [2.45, 2.75) is 38.7 Å². The molecule has 2 rings (SSSR count). The van der Waals surface area contributed by atoms with Gasteiger partial charge in [0.15, 0.2) is 0 Å². The van der Waals surface area contributed by atoms with Gasteiger partial charge in [-0.2, -0.15) is 0 Å². The first-order valence-electron chi connectivity index (χ1n) is 6.16. The van der Waals surface area contributed by atoms with Gasteiger partial charge in [0.2, 0.25) is 0 Å². The van der Waals surface area contributed by atoms with Gasteiger partial charge in [-0.3, -0.25) is 4.79 Å². The monoisotopic (exact) mass is 236 g/mol. The smallest absolute Gasteiger partial charge is 0.309 e. The van der Waals surface area contributed by atoms with Crippen molar-refractivity contribution in [3.05, 3.63) is 35.6 Å². The lowest BCUT2D eigenvalue weighted by atomic mass is 9.91. The highest BCUT2D eigenvalue weighted by molar-refractivity contribution is 5.73. The third kappa shape index (κ3) is 2.84. The molecule has 17 heavy (non-hydrogen) atoms. The van der Waals surface area contributed by atoms with Gasteiger partial charge in [0.25, 0.3) is 0 Å². The summed E-state index contributed by atoms with van der Waals surface area (Å²) in [4.78, 5) is 11.7. The Labute approximate surface area is 101 Å². The van der Waals surface area contributed by atoms with E-state index in [4.69, 9.17) is 4.74 Å². The van der Waals surface area contributed by atoms with E-state index in [2.05, 4.69) is 6.92 Å². The number of esters is 1. The van der Waals surface area contributed by atoms with Crippen LogP contribution in [0.2, 0.25) is 0 Å². The number of benzene rings is 1. The van der Waals surface area contributed by atoms with Crippen LogP contribution in [0.4, 0.5) is 4.39 Å². The fourth-order valence-corrected chi connectivity index (χ4v) is 2.29. The molecule has 0 aromatic heterocycles. The Kier molecular flexibility index (Phi) is 3.77. The minimum absolute atomic E-state index is 0.0525. The Balaban J connectivity index is 2.01. The third-order valence-electron chi connectivity index (χ3n) is 3.25. The molecule has 0 saturated carbocycles. The molecule has 1 fully saturated rings. The van der Waals surface area contributed by atoms with Crippen LogP contribution < -0.4 is 0 Å². The van der Waals surface area contributed by atoms with Crippen LogP contribution in [0.25, 0.3) is 0 Å². The molecule has 0 bridgehead atoms. The van der Waals surface area contributed by atoms with Crippen LogP contribution in [-0.4, -0.2) is 5.97 Å². The zero-order valence-electron chi connectivity index (χ0n) is 9.99. The van der Waals surface area contributed by atoms with Gasteiger partial charge < -0.3 is 4.74 Å². The van der Waals surface area contributed by atoms with E-state index >= 15 is 0 Å². The van der Waals surface area contributed by atoms with Crippen LogP contribution in [0.15, 0.2) is 24.3 Å². The lowest BCUT2D eigenvalue weighted by Crippen LogP contribution is -2.26. The van der Waals surface area contributed by atoms with Crippen molar-refractivity contribution in [3.63, 3.8) is 0 Å². The van der Waals surface area contributed by atoms with Crippen molar-refractivity contribution >= 4 is 5.97 Å². The van der Waals surface area contributed by atoms with Crippen LogP contribution >= 0.6 is 0 Å². The summed E-state index contributed by atoms with van der Waals surface area (Å²) in [6.07, 6.45) is 3.41. The van der Waals surface area contributed by atoms with Crippen molar-refractivity contribution in [2.24, 2.45) is 5.92 Å². The molecule has 1 saturated heterocycles. The molecule has 1 heterocycles. The molecule has 0 spiro atoms. The van der Waals surface area contributed by atoms with Crippen molar-refractivity contribution in [3.8, 4) is 0 Å². The molecule has 0 aliphatic carbocycles. The summed E-state index contributed by atoms with van der Waals surface area (Å²) in [6.45, 7) is 2.07. The van der Waals surface area contributed by atoms with Crippen LogP contribution in [-0.2, 0) is 9.53 Å². The van der Waals surface area contributed by atoms with Gasteiger partial charge in [0.1, 0.15) is 11.9 Å². The van der Waals surface area contributed by atoms with Gasteiger partial charge in [0, 0.05) is 0 Å². The first-order chi connectivity index (χ1) is 8.20. The lowest BCUT2D eigenvalue weighted by Gasteiger charge is -2.28. The zero-order chi connectivity index (χ0) is 12.3. The second kappa shape index (κ2) is 5.30. The number of ether oxygens (including phenoxy) is 1. The van der Waals surface area contributed by atoms with Crippen molar-refractivity contribution in [1.82, 2.24) is 0 Å². The number of carbonyl (C=O) groups is 1. The van der Waals surface area contributed by atoms with Crippen molar-refractivity contribution < 1.29 is 13.9 Å². The van der Waals surface area contributed by atoms with Gasteiger partial charge in [0.05, 0.1) is 5.92 Å². The van der Waals surface area contributed by atoms with Gasteiger partial charge >= 0.3 is 5.97 Å². The third-order valence-corrected chi connectivity index (χ3v) is 3.25. The summed E-state index contributed by atoms with van der Waals surface area (Å²) < 4.78 is 18.2. The quantitative estimate of drug-likeness (QED) is 0.749. The molecule has 2 atom stereocenters. The molecule has 0 N–H and O–H groups in total. The summed E-state index contributed by atoms with van der Waals surface area (Å²) in [5.74, 6) is -0.316. The number of cyclic esters (lactones) is 1. The average molecular weight is 236 g/mol. The summed E-state index contributed by atoms with van der Waals surface area (Å²) >= 11 is 0. The topological polar surface area (TPSA) is 26.3 Å². The van der Waals surface area contributed by atoms with E-state index in [-0.39, 0.29) is 23.8 Å². The fraction of sp³-hybridized carbons (Fsp3) is 0.500. The molecule has 1 aromatic carbocycles. The van der Waals surface area contributed by atoms with Crippen molar-refractivity contribution in [1.29, 1.82) is 0 Å². The molecule has 92 valence electrons. The lowest BCUT2D eigenvalue weighted by molar-refractivity contribution is -0.161. The Morgan fingerprint density at radius 1 is 1.29 bits per heavy atom. The first kappa shape index (κ1) is 12.1. The molecule has 3 heteroatoms. The maximum atomic E-state index is 12.8. The van der Waals surface area contributed by atoms with E-state index in [1.165, 1.54) is 12.1 Å². The summed E-state index contributed by atoms with van der Waals surface area (Å²) in [6, 6.07) is 6.18. The Bertz CT molecular complexity index is 386. The summed E-state index contributed by atoms with van der Waals surface area (Å²) in [7, 11) is 0. The number of hydrogen-bond acceptors (Lipinski definition) is 2. The Hall–Kier alpha value is -1.38. The molecule has 1 aromatic rings.